The molecule has 0 radical (unpaired) electrons. The first-order chi connectivity index (χ1) is 17.9. The maximum Gasteiger partial charge on any atom is 0.210 e. The summed E-state index contributed by atoms with van der Waals surface area (Å²) in [5.74, 6) is 2.31. The van der Waals surface area contributed by atoms with Crippen molar-refractivity contribution in [1.82, 2.24) is 4.98 Å². The summed E-state index contributed by atoms with van der Waals surface area (Å²) >= 11 is 1.59. The molecule has 0 saturated carbocycles. The molecule has 0 fully saturated rings. The quantitative estimate of drug-likeness (QED) is 0.221. The van der Waals surface area contributed by atoms with Crippen LogP contribution in [0.3, 0.4) is 0 Å². The summed E-state index contributed by atoms with van der Waals surface area (Å²) in [5, 5.41) is 2.37. The monoisotopic (exact) mass is 510 g/mol. The zero-order valence-electron chi connectivity index (χ0n) is 21.8. The lowest BCUT2D eigenvalue weighted by Gasteiger charge is -2.08. The number of methoxy groups -OCH3 is 1. The second kappa shape index (κ2) is 10.6. The van der Waals surface area contributed by atoms with E-state index in [0.29, 0.717) is 11.7 Å². The average molecular weight is 511 g/mol. The van der Waals surface area contributed by atoms with Crippen LogP contribution in [0.15, 0.2) is 76.1 Å². The summed E-state index contributed by atoms with van der Waals surface area (Å²) in [5.41, 5.74) is 6.28. The molecule has 2 heterocycles. The summed E-state index contributed by atoms with van der Waals surface area (Å²) in [4.78, 5) is 11.1. The Morgan fingerprint density at radius 2 is 1.62 bits per heavy atom. The van der Waals surface area contributed by atoms with Gasteiger partial charge in [-0.3, -0.25) is 0 Å². The van der Waals surface area contributed by atoms with Gasteiger partial charge in [0.25, 0.3) is 0 Å². The SMILES string of the molecule is CCCOc1ccc2oc(-c3ccc(OC)cc3)cc(=Nc3nc(-c4ccc(C)c(C)c4)c(C)s3)c2c1. The number of fused-ring (bicyclic) bond motifs is 1. The molecule has 5 aromatic rings. The van der Waals surface area contributed by atoms with E-state index in [0.717, 1.165) is 61.7 Å². The molecule has 2 aromatic heterocycles. The smallest absolute Gasteiger partial charge is 0.210 e. The van der Waals surface area contributed by atoms with E-state index in [-0.39, 0.29) is 0 Å². The van der Waals surface area contributed by atoms with Gasteiger partial charge in [0.05, 0.1) is 24.8 Å². The molecule has 0 N–H and O–H groups in total. The lowest BCUT2D eigenvalue weighted by Crippen LogP contribution is -2.04. The van der Waals surface area contributed by atoms with Gasteiger partial charge in [0, 0.05) is 27.5 Å². The van der Waals surface area contributed by atoms with E-state index in [1.165, 1.54) is 11.1 Å². The Bertz CT molecular complexity index is 1630. The van der Waals surface area contributed by atoms with E-state index >= 15 is 0 Å². The predicted octanol–water partition coefficient (Wildman–Crippen LogP) is 8.18. The second-order valence-corrected chi connectivity index (χ2v) is 10.2. The van der Waals surface area contributed by atoms with Crippen LogP contribution in [0.5, 0.6) is 11.5 Å². The molecule has 37 heavy (non-hydrogen) atoms. The van der Waals surface area contributed by atoms with Crippen molar-refractivity contribution >= 4 is 27.4 Å². The van der Waals surface area contributed by atoms with Crippen molar-refractivity contribution < 1.29 is 13.9 Å². The van der Waals surface area contributed by atoms with Gasteiger partial charge in [0.1, 0.15) is 22.8 Å². The molecule has 5 rings (SSSR count). The zero-order valence-corrected chi connectivity index (χ0v) is 22.6. The van der Waals surface area contributed by atoms with Crippen molar-refractivity contribution in [2.24, 2.45) is 4.99 Å². The number of hydrogen-bond acceptors (Lipinski definition) is 6. The molecule has 0 saturated heterocycles. The van der Waals surface area contributed by atoms with E-state index in [2.05, 4.69) is 45.9 Å². The highest BCUT2D eigenvalue weighted by Gasteiger charge is 2.12. The van der Waals surface area contributed by atoms with Crippen LogP contribution >= 0.6 is 11.3 Å². The van der Waals surface area contributed by atoms with Crippen LogP contribution in [0, 0.1) is 20.8 Å². The van der Waals surface area contributed by atoms with Crippen molar-refractivity contribution in [1.29, 1.82) is 0 Å². The molecule has 0 aliphatic rings. The van der Waals surface area contributed by atoms with Crippen molar-refractivity contribution in [3.8, 4) is 34.1 Å². The van der Waals surface area contributed by atoms with Crippen LogP contribution in [0.4, 0.5) is 5.13 Å². The summed E-state index contributed by atoms with van der Waals surface area (Å²) in [6.45, 7) is 9.10. The lowest BCUT2D eigenvalue weighted by atomic mass is 10.0. The third-order valence-electron chi connectivity index (χ3n) is 6.34. The third-order valence-corrected chi connectivity index (χ3v) is 7.21. The number of aromatic nitrogens is 1. The number of benzene rings is 3. The minimum absolute atomic E-state index is 0.657. The van der Waals surface area contributed by atoms with Gasteiger partial charge in [-0.15, -0.1) is 0 Å². The van der Waals surface area contributed by atoms with Crippen LogP contribution in [-0.2, 0) is 0 Å². The molecule has 0 spiro atoms. The minimum Gasteiger partial charge on any atom is -0.497 e. The Morgan fingerprint density at radius 1 is 0.865 bits per heavy atom. The molecule has 0 atom stereocenters. The highest BCUT2D eigenvalue weighted by Crippen LogP contribution is 2.33. The number of rotatable bonds is 7. The Hall–Kier alpha value is -3.90. The van der Waals surface area contributed by atoms with Crippen LogP contribution in [-0.4, -0.2) is 18.7 Å². The number of ether oxygens (including phenoxy) is 2. The van der Waals surface area contributed by atoms with Crippen molar-refractivity contribution in [2.45, 2.75) is 34.1 Å². The fourth-order valence-corrected chi connectivity index (χ4v) is 4.95. The summed E-state index contributed by atoms with van der Waals surface area (Å²) in [6, 6.07) is 22.1. The van der Waals surface area contributed by atoms with Gasteiger partial charge in [0.2, 0.25) is 5.13 Å². The zero-order chi connectivity index (χ0) is 25.9. The minimum atomic E-state index is 0.657. The van der Waals surface area contributed by atoms with Crippen molar-refractivity contribution in [3.05, 3.63) is 88.1 Å². The van der Waals surface area contributed by atoms with E-state index < -0.39 is 0 Å². The molecule has 0 aliphatic heterocycles. The van der Waals surface area contributed by atoms with Gasteiger partial charge in [-0.25, -0.2) is 9.98 Å². The average Bonchev–Trinajstić information content (AvgIpc) is 3.28. The molecule has 3 aromatic carbocycles. The number of aryl methyl sites for hydroxylation is 3. The van der Waals surface area contributed by atoms with E-state index in [9.17, 15) is 0 Å². The van der Waals surface area contributed by atoms with Crippen molar-refractivity contribution in [3.63, 3.8) is 0 Å². The highest BCUT2D eigenvalue weighted by atomic mass is 32.1. The molecule has 0 amide bonds. The largest absolute Gasteiger partial charge is 0.497 e. The molecular weight excluding hydrogens is 480 g/mol. The summed E-state index contributed by atoms with van der Waals surface area (Å²) in [6.07, 6.45) is 0.940. The van der Waals surface area contributed by atoms with Gasteiger partial charge in [-0.05, 0) is 86.8 Å². The Labute approximate surface area is 221 Å². The third kappa shape index (κ3) is 5.30. The first-order valence-electron chi connectivity index (χ1n) is 12.4. The van der Waals surface area contributed by atoms with E-state index in [1.807, 2.05) is 48.5 Å². The Kier molecular flexibility index (Phi) is 7.10. The fraction of sp³-hybridized carbons (Fsp3) is 0.226. The van der Waals surface area contributed by atoms with Crippen LogP contribution in [0.1, 0.15) is 29.3 Å². The standard InChI is InChI=1S/C31H30N2O3S/c1-6-15-35-25-13-14-28-26(17-25)27(18-29(36-28)22-9-11-24(34-5)12-10-22)32-31-33-30(21(4)37-31)23-8-7-19(2)20(3)16-23/h7-14,16-18H,6,15H2,1-5H3. The van der Waals surface area contributed by atoms with Gasteiger partial charge in [-0.1, -0.05) is 30.4 Å². The highest BCUT2D eigenvalue weighted by molar-refractivity contribution is 7.15. The van der Waals surface area contributed by atoms with Gasteiger partial charge in [-0.2, -0.15) is 0 Å². The van der Waals surface area contributed by atoms with Crippen LogP contribution in [0.2, 0.25) is 0 Å². The summed E-state index contributed by atoms with van der Waals surface area (Å²) < 4.78 is 17.5. The first-order valence-corrected chi connectivity index (χ1v) is 13.2. The predicted molar refractivity (Wildman–Crippen MR) is 151 cm³/mol. The Morgan fingerprint density at radius 3 is 2.35 bits per heavy atom. The normalized spacial score (nSPS) is 11.8. The molecule has 188 valence electrons. The topological polar surface area (TPSA) is 56.9 Å². The molecule has 5 nitrogen and oxygen atoms in total. The Balaban J connectivity index is 1.66. The first kappa shape index (κ1) is 24.8. The maximum atomic E-state index is 6.31. The molecule has 6 heteroatoms. The molecule has 0 aliphatic carbocycles. The fourth-order valence-electron chi connectivity index (χ4n) is 4.14. The number of hydrogen-bond donors (Lipinski definition) is 0. The molecular formula is C31H30N2O3S. The second-order valence-electron chi connectivity index (χ2n) is 9.04. The lowest BCUT2D eigenvalue weighted by molar-refractivity contribution is 0.317. The van der Waals surface area contributed by atoms with Crippen molar-refractivity contribution in [2.75, 3.05) is 13.7 Å². The van der Waals surface area contributed by atoms with E-state index in [4.69, 9.17) is 23.9 Å². The van der Waals surface area contributed by atoms with Gasteiger partial charge >= 0.3 is 0 Å². The molecule has 0 bridgehead atoms. The maximum absolute atomic E-state index is 6.31. The van der Waals surface area contributed by atoms with E-state index in [1.54, 1.807) is 18.4 Å². The van der Waals surface area contributed by atoms with Gasteiger partial charge in [0.15, 0.2) is 0 Å². The van der Waals surface area contributed by atoms with Gasteiger partial charge < -0.3 is 13.9 Å². The molecule has 0 unspecified atom stereocenters. The van der Waals surface area contributed by atoms with Crippen LogP contribution in [0.25, 0.3) is 33.6 Å². The summed E-state index contributed by atoms with van der Waals surface area (Å²) in [7, 11) is 1.66. The number of thiazole rings is 1. The number of nitrogens with zero attached hydrogens (tertiary/aromatic N) is 2. The van der Waals surface area contributed by atoms with Crippen LogP contribution < -0.4 is 14.8 Å².